The maximum atomic E-state index is 13.1. The summed E-state index contributed by atoms with van der Waals surface area (Å²) in [6.45, 7) is 0.0431. The average Bonchev–Trinajstić information content (AvgIpc) is 2.60. The Hall–Kier alpha value is -2.96. The Bertz CT molecular complexity index is 887. The summed E-state index contributed by atoms with van der Waals surface area (Å²) in [5, 5.41) is 27.2. The van der Waals surface area contributed by atoms with Crippen LogP contribution in [-0.2, 0) is 12.6 Å². The van der Waals surface area contributed by atoms with Crippen molar-refractivity contribution in [3.8, 4) is 23.7 Å². The van der Waals surface area contributed by atoms with Gasteiger partial charge in [0, 0.05) is 17.7 Å². The molecule has 6 heteroatoms. The molecule has 0 spiro atoms. The number of phenolic OH excluding ortho intramolecular Hbond substituents is 1. The molecular formula is C20H16F3NO2. The zero-order valence-electron chi connectivity index (χ0n) is 13.8. The van der Waals surface area contributed by atoms with E-state index in [1.807, 2.05) is 6.07 Å². The van der Waals surface area contributed by atoms with Gasteiger partial charge in [0.05, 0.1) is 17.2 Å². The van der Waals surface area contributed by atoms with E-state index in [-0.39, 0.29) is 12.2 Å². The van der Waals surface area contributed by atoms with E-state index in [1.54, 1.807) is 18.2 Å². The van der Waals surface area contributed by atoms with Gasteiger partial charge in [-0.05, 0) is 61.2 Å². The zero-order valence-corrected chi connectivity index (χ0v) is 13.8. The number of hydrogen-bond donors (Lipinski definition) is 2. The molecule has 0 radical (unpaired) electrons. The first-order valence-corrected chi connectivity index (χ1v) is 7.91. The van der Waals surface area contributed by atoms with Gasteiger partial charge in [-0.3, -0.25) is 0 Å². The van der Waals surface area contributed by atoms with Crippen molar-refractivity contribution in [2.75, 3.05) is 6.61 Å². The van der Waals surface area contributed by atoms with E-state index < -0.39 is 17.5 Å². The largest absolute Gasteiger partial charge is 0.508 e. The van der Waals surface area contributed by atoms with E-state index in [0.717, 1.165) is 17.7 Å². The number of aromatic hydroxyl groups is 1. The molecule has 3 nitrogen and oxygen atoms in total. The number of unbranched alkanes of at least 4 members (excludes halogenated alkanes) is 1. The van der Waals surface area contributed by atoms with E-state index in [4.69, 9.17) is 10.4 Å². The predicted octanol–water partition coefficient (Wildman–Crippen LogP) is 4.00. The molecular weight excluding hydrogens is 343 g/mol. The number of alkyl halides is 3. The van der Waals surface area contributed by atoms with Crippen molar-refractivity contribution in [3.05, 3.63) is 64.2 Å². The van der Waals surface area contributed by atoms with Crippen molar-refractivity contribution in [1.29, 1.82) is 5.26 Å². The maximum absolute atomic E-state index is 13.1. The van der Waals surface area contributed by atoms with E-state index in [2.05, 4.69) is 11.8 Å². The van der Waals surface area contributed by atoms with Crippen LogP contribution in [0.2, 0.25) is 0 Å². The summed E-state index contributed by atoms with van der Waals surface area (Å²) in [5.41, 5.74) is 0.483. The number of aliphatic hydroxyl groups is 1. The first-order valence-electron chi connectivity index (χ1n) is 7.91. The van der Waals surface area contributed by atoms with Crippen LogP contribution in [0.1, 0.15) is 40.7 Å². The van der Waals surface area contributed by atoms with E-state index in [9.17, 15) is 18.3 Å². The molecule has 0 saturated carbocycles. The minimum absolute atomic E-state index is 0.0431. The maximum Gasteiger partial charge on any atom is 0.417 e. The summed E-state index contributed by atoms with van der Waals surface area (Å²) in [6.07, 6.45) is -2.81. The van der Waals surface area contributed by atoms with E-state index in [1.165, 1.54) is 0 Å². The highest BCUT2D eigenvalue weighted by molar-refractivity contribution is 5.53. The number of rotatable bonds is 4. The minimum Gasteiger partial charge on any atom is -0.508 e. The summed E-state index contributed by atoms with van der Waals surface area (Å²) in [7, 11) is 0. The first-order chi connectivity index (χ1) is 12.3. The van der Waals surface area contributed by atoms with Gasteiger partial charge in [0.25, 0.3) is 0 Å². The summed E-state index contributed by atoms with van der Waals surface area (Å²) in [5.74, 6) is 4.77. The van der Waals surface area contributed by atoms with Crippen molar-refractivity contribution in [3.63, 3.8) is 0 Å². The molecule has 0 amide bonds. The van der Waals surface area contributed by atoms with Crippen LogP contribution in [0.25, 0.3) is 0 Å². The topological polar surface area (TPSA) is 64.2 Å². The molecule has 0 aliphatic heterocycles. The van der Waals surface area contributed by atoms with E-state index in [0.29, 0.717) is 36.5 Å². The van der Waals surface area contributed by atoms with Crippen molar-refractivity contribution in [2.45, 2.75) is 25.4 Å². The molecule has 2 rings (SSSR count). The number of aryl methyl sites for hydroxylation is 1. The fourth-order valence-electron chi connectivity index (χ4n) is 2.43. The minimum atomic E-state index is -4.63. The molecule has 0 aliphatic rings. The van der Waals surface area contributed by atoms with Crippen molar-refractivity contribution < 1.29 is 23.4 Å². The molecule has 0 bridgehead atoms. The number of nitriles is 1. The molecule has 134 valence electrons. The Morgan fingerprint density at radius 1 is 0.962 bits per heavy atom. The Kier molecular flexibility index (Phi) is 6.27. The molecule has 2 aromatic carbocycles. The van der Waals surface area contributed by atoms with Crippen LogP contribution in [0.3, 0.4) is 0 Å². The van der Waals surface area contributed by atoms with Crippen LogP contribution in [-0.4, -0.2) is 16.8 Å². The van der Waals surface area contributed by atoms with Gasteiger partial charge in [0.2, 0.25) is 0 Å². The molecule has 0 unspecified atom stereocenters. The lowest BCUT2D eigenvalue weighted by molar-refractivity contribution is -0.137. The van der Waals surface area contributed by atoms with E-state index >= 15 is 0 Å². The summed E-state index contributed by atoms with van der Waals surface area (Å²) in [4.78, 5) is 0. The number of phenols is 1. The normalized spacial score (nSPS) is 10.7. The molecule has 0 heterocycles. The highest BCUT2D eigenvalue weighted by atomic mass is 19.4. The van der Waals surface area contributed by atoms with Crippen molar-refractivity contribution in [2.24, 2.45) is 0 Å². The lowest BCUT2D eigenvalue weighted by atomic mass is 9.99. The van der Waals surface area contributed by atoms with Gasteiger partial charge in [-0.2, -0.15) is 18.4 Å². The summed E-state index contributed by atoms with van der Waals surface area (Å²) >= 11 is 0. The highest BCUT2D eigenvalue weighted by Crippen LogP contribution is 2.33. The molecule has 26 heavy (non-hydrogen) atoms. The number of hydrogen-bond acceptors (Lipinski definition) is 3. The third-order valence-corrected chi connectivity index (χ3v) is 3.73. The Balaban J connectivity index is 2.43. The molecule has 0 fully saturated rings. The molecule has 0 saturated heterocycles. The standard InChI is InChI=1S/C20H16F3NO2/c21-20(22,23)19-12-18(26)9-8-16(19)7-6-15-5-4-14(13-24)11-17(15)3-1-2-10-25/h4-5,8-9,11-12,25-26H,1-3,10H2. The van der Waals surface area contributed by atoms with Gasteiger partial charge in [-0.25, -0.2) is 0 Å². The average molecular weight is 359 g/mol. The lowest BCUT2D eigenvalue weighted by Gasteiger charge is -2.09. The Morgan fingerprint density at radius 3 is 2.31 bits per heavy atom. The SMILES string of the molecule is N#Cc1ccc(C#Cc2ccc(O)cc2C(F)(F)F)c(CCCCO)c1. The van der Waals surface area contributed by atoms with Crippen LogP contribution >= 0.6 is 0 Å². The quantitative estimate of drug-likeness (QED) is 0.641. The second-order valence-corrected chi connectivity index (χ2v) is 5.64. The lowest BCUT2D eigenvalue weighted by Crippen LogP contribution is -2.07. The smallest absolute Gasteiger partial charge is 0.417 e. The predicted molar refractivity (Wildman–Crippen MR) is 90.3 cm³/mol. The molecule has 0 atom stereocenters. The van der Waals surface area contributed by atoms with Crippen LogP contribution in [0, 0.1) is 23.2 Å². The Labute approximate surface area is 149 Å². The molecule has 2 aromatic rings. The second kappa shape index (κ2) is 8.42. The van der Waals surface area contributed by atoms with Gasteiger partial charge in [0.15, 0.2) is 0 Å². The van der Waals surface area contributed by atoms with Gasteiger partial charge < -0.3 is 10.2 Å². The fraction of sp³-hybridized carbons (Fsp3) is 0.250. The van der Waals surface area contributed by atoms with Gasteiger partial charge >= 0.3 is 6.18 Å². The third kappa shape index (κ3) is 5.02. The molecule has 2 N–H and O–H groups in total. The van der Waals surface area contributed by atoms with Gasteiger partial charge in [-0.1, -0.05) is 11.8 Å². The van der Waals surface area contributed by atoms with Gasteiger partial charge in [-0.15, -0.1) is 0 Å². The second-order valence-electron chi connectivity index (χ2n) is 5.64. The monoisotopic (exact) mass is 359 g/mol. The number of aliphatic hydroxyl groups excluding tert-OH is 1. The Morgan fingerprint density at radius 2 is 1.65 bits per heavy atom. The fourth-order valence-corrected chi connectivity index (χ4v) is 2.43. The summed E-state index contributed by atoms with van der Waals surface area (Å²) in [6, 6.07) is 9.76. The van der Waals surface area contributed by atoms with Crippen molar-refractivity contribution >= 4 is 0 Å². The first kappa shape index (κ1) is 19.4. The third-order valence-electron chi connectivity index (χ3n) is 3.73. The van der Waals surface area contributed by atoms with Crippen LogP contribution in [0.4, 0.5) is 13.2 Å². The van der Waals surface area contributed by atoms with Crippen LogP contribution < -0.4 is 0 Å². The van der Waals surface area contributed by atoms with Crippen LogP contribution in [0.5, 0.6) is 5.75 Å². The number of nitrogens with zero attached hydrogens (tertiary/aromatic N) is 1. The molecule has 0 aliphatic carbocycles. The summed E-state index contributed by atoms with van der Waals surface area (Å²) < 4.78 is 39.3. The van der Waals surface area contributed by atoms with Gasteiger partial charge in [0.1, 0.15) is 5.75 Å². The van der Waals surface area contributed by atoms with Crippen LogP contribution in [0.15, 0.2) is 36.4 Å². The highest BCUT2D eigenvalue weighted by Gasteiger charge is 2.33. The number of halogens is 3. The van der Waals surface area contributed by atoms with Crippen molar-refractivity contribution in [1.82, 2.24) is 0 Å². The zero-order chi connectivity index (χ0) is 19.2. The molecule has 0 aromatic heterocycles. The number of benzene rings is 2.